The van der Waals surface area contributed by atoms with Gasteiger partial charge in [-0.15, -0.1) is 0 Å². The molecule has 134 valence electrons. The third-order valence-electron chi connectivity index (χ3n) is 7.18. The molecule has 0 spiro atoms. The molecule has 1 heterocycles. The number of fused-ring (bicyclic) bond motifs is 3. The molecule has 1 aliphatic heterocycles. The summed E-state index contributed by atoms with van der Waals surface area (Å²) in [5.74, 6) is 1.49. The molecule has 0 radical (unpaired) electrons. The van der Waals surface area contributed by atoms with Crippen LogP contribution in [0.3, 0.4) is 0 Å². The van der Waals surface area contributed by atoms with Crippen LogP contribution in [0, 0.1) is 16.2 Å². The zero-order valence-corrected chi connectivity index (χ0v) is 14.9. The second-order valence-electron chi connectivity index (χ2n) is 8.13. The van der Waals surface area contributed by atoms with Gasteiger partial charge in [0.15, 0.2) is 11.5 Å². The Balaban J connectivity index is 1.53. The Hall–Kier alpha value is -2.24. The molecule has 1 amide bonds. The lowest BCUT2D eigenvalue weighted by molar-refractivity contribution is -0.136. The Kier molecular flexibility index (Phi) is 3.33. The molecule has 3 aliphatic rings. The van der Waals surface area contributed by atoms with E-state index in [2.05, 4.69) is 31.2 Å². The summed E-state index contributed by atoms with van der Waals surface area (Å²) in [6.45, 7) is 7.04. The average molecular weight is 344 g/mol. The number of hydrogen-bond acceptors (Lipinski definition) is 5. The molecule has 6 heteroatoms. The number of nitrogens with one attached hydrogen (secondary N) is 1. The summed E-state index contributed by atoms with van der Waals surface area (Å²) in [5, 5.41) is 16.0. The second-order valence-corrected chi connectivity index (χ2v) is 8.13. The first-order valence-corrected chi connectivity index (χ1v) is 8.72. The van der Waals surface area contributed by atoms with Crippen LogP contribution in [0.2, 0.25) is 0 Å². The van der Waals surface area contributed by atoms with Gasteiger partial charge in [0, 0.05) is 18.4 Å². The molecule has 2 unspecified atom stereocenters. The third-order valence-corrected chi connectivity index (χ3v) is 7.18. The molecule has 1 aromatic carbocycles. The topological polar surface area (TPSA) is 80.2 Å². The van der Waals surface area contributed by atoms with Crippen LogP contribution >= 0.6 is 0 Å². The number of benzene rings is 1. The fourth-order valence-corrected chi connectivity index (χ4v) is 4.94. The Morgan fingerprint density at radius 3 is 2.72 bits per heavy atom. The van der Waals surface area contributed by atoms with Crippen LogP contribution in [0.5, 0.6) is 11.5 Å². The maximum atomic E-state index is 13.1. The lowest BCUT2D eigenvalue weighted by atomic mass is 9.64. The van der Waals surface area contributed by atoms with E-state index in [1.807, 2.05) is 18.2 Å². The molecule has 1 aromatic rings. The van der Waals surface area contributed by atoms with Crippen molar-refractivity contribution >= 4 is 11.6 Å². The number of nitrogens with zero attached hydrogens (tertiary/aromatic N) is 1. The first-order chi connectivity index (χ1) is 11.8. The summed E-state index contributed by atoms with van der Waals surface area (Å²) >= 11 is 0. The second kappa shape index (κ2) is 5.13. The van der Waals surface area contributed by atoms with E-state index < -0.39 is 5.41 Å². The van der Waals surface area contributed by atoms with E-state index >= 15 is 0 Å². The lowest BCUT2D eigenvalue weighted by Gasteiger charge is -2.39. The zero-order chi connectivity index (χ0) is 17.9. The van der Waals surface area contributed by atoms with Gasteiger partial charge in [0.25, 0.3) is 0 Å². The molecule has 2 saturated carbocycles. The van der Waals surface area contributed by atoms with Gasteiger partial charge in [-0.2, -0.15) is 0 Å². The Morgan fingerprint density at radius 1 is 1.24 bits per heavy atom. The maximum Gasteiger partial charge on any atom is 0.231 e. The third kappa shape index (κ3) is 1.96. The molecule has 4 rings (SSSR count). The minimum atomic E-state index is -0.514. The van der Waals surface area contributed by atoms with Crippen LogP contribution in [0.1, 0.15) is 45.6 Å². The number of oxime groups is 1. The number of ether oxygens (including phenoxy) is 2. The van der Waals surface area contributed by atoms with Gasteiger partial charge in [0.1, 0.15) is 0 Å². The number of carbonyl (C=O) groups excluding carboxylic acids is 1. The van der Waals surface area contributed by atoms with E-state index in [0.29, 0.717) is 18.7 Å². The predicted octanol–water partition coefficient (Wildman–Crippen LogP) is 3.08. The molecular formula is C19H24N2O4. The summed E-state index contributed by atoms with van der Waals surface area (Å²) in [6, 6.07) is 5.70. The normalized spacial score (nSPS) is 33.0. The van der Waals surface area contributed by atoms with Crippen LogP contribution < -0.4 is 14.8 Å². The standard InChI is InChI=1S/C19H24N2O4/c1-17(2)18(3)6-7-19(17,9-15(18)21-23)16(22)20-10-12-4-5-13-14(8-12)25-11-24-13/h4-5,8,23H,6-7,9-11H2,1-3H3,(H,20,22). The molecule has 0 aromatic heterocycles. The van der Waals surface area contributed by atoms with Crippen molar-refractivity contribution in [1.82, 2.24) is 5.32 Å². The Morgan fingerprint density at radius 2 is 2.00 bits per heavy atom. The highest BCUT2D eigenvalue weighted by molar-refractivity contribution is 6.02. The van der Waals surface area contributed by atoms with E-state index in [9.17, 15) is 10.0 Å². The van der Waals surface area contributed by atoms with Crippen LogP contribution in [0.15, 0.2) is 23.4 Å². The van der Waals surface area contributed by atoms with Gasteiger partial charge in [-0.3, -0.25) is 4.79 Å². The Labute approximate surface area is 147 Å². The van der Waals surface area contributed by atoms with E-state index in [1.54, 1.807) is 0 Å². The Bertz CT molecular complexity index is 773. The quantitative estimate of drug-likeness (QED) is 0.652. The van der Waals surface area contributed by atoms with Crippen molar-refractivity contribution in [3.63, 3.8) is 0 Å². The molecular weight excluding hydrogens is 320 g/mol. The van der Waals surface area contributed by atoms with Crippen molar-refractivity contribution in [3.8, 4) is 11.5 Å². The van der Waals surface area contributed by atoms with E-state index in [4.69, 9.17) is 9.47 Å². The monoisotopic (exact) mass is 344 g/mol. The summed E-state index contributed by atoms with van der Waals surface area (Å²) in [5.41, 5.74) is 0.737. The summed E-state index contributed by atoms with van der Waals surface area (Å²) < 4.78 is 10.7. The highest BCUT2D eigenvalue weighted by Gasteiger charge is 2.71. The molecule has 2 bridgehead atoms. The predicted molar refractivity (Wildman–Crippen MR) is 91.8 cm³/mol. The van der Waals surface area contributed by atoms with Gasteiger partial charge in [-0.1, -0.05) is 32.0 Å². The van der Waals surface area contributed by atoms with Crippen molar-refractivity contribution in [3.05, 3.63) is 23.8 Å². The van der Waals surface area contributed by atoms with Crippen LogP contribution in [-0.2, 0) is 11.3 Å². The number of amides is 1. The summed E-state index contributed by atoms with van der Waals surface area (Å²) in [4.78, 5) is 13.1. The molecule has 25 heavy (non-hydrogen) atoms. The molecule has 2 atom stereocenters. The van der Waals surface area contributed by atoms with Gasteiger partial charge >= 0.3 is 0 Å². The largest absolute Gasteiger partial charge is 0.454 e. The van der Waals surface area contributed by atoms with Gasteiger partial charge in [0.05, 0.1) is 11.1 Å². The van der Waals surface area contributed by atoms with Gasteiger partial charge < -0.3 is 20.0 Å². The van der Waals surface area contributed by atoms with Crippen LogP contribution in [-0.4, -0.2) is 23.6 Å². The molecule has 2 aliphatic carbocycles. The first-order valence-electron chi connectivity index (χ1n) is 8.72. The van der Waals surface area contributed by atoms with Gasteiger partial charge in [-0.05, 0) is 36.0 Å². The fraction of sp³-hybridized carbons (Fsp3) is 0.579. The maximum absolute atomic E-state index is 13.1. The van der Waals surface area contributed by atoms with Crippen molar-refractivity contribution in [2.45, 2.75) is 46.6 Å². The highest BCUT2D eigenvalue weighted by Crippen LogP contribution is 2.70. The average Bonchev–Trinajstić information content (AvgIpc) is 3.19. The minimum Gasteiger partial charge on any atom is -0.454 e. The fourth-order valence-electron chi connectivity index (χ4n) is 4.94. The molecule has 0 saturated heterocycles. The van der Waals surface area contributed by atoms with E-state index in [0.717, 1.165) is 29.9 Å². The molecule has 2 N–H and O–H groups in total. The van der Waals surface area contributed by atoms with Crippen molar-refractivity contribution < 1.29 is 19.5 Å². The van der Waals surface area contributed by atoms with E-state index in [1.165, 1.54) is 0 Å². The van der Waals surface area contributed by atoms with Crippen LogP contribution in [0.4, 0.5) is 0 Å². The van der Waals surface area contributed by atoms with Crippen molar-refractivity contribution in [2.24, 2.45) is 21.4 Å². The lowest BCUT2D eigenvalue weighted by Crippen LogP contribution is -2.46. The van der Waals surface area contributed by atoms with Crippen LogP contribution in [0.25, 0.3) is 0 Å². The minimum absolute atomic E-state index is 0.0394. The number of rotatable bonds is 3. The van der Waals surface area contributed by atoms with Crippen molar-refractivity contribution in [1.29, 1.82) is 0 Å². The first kappa shape index (κ1) is 16.2. The van der Waals surface area contributed by atoms with Gasteiger partial charge in [0.2, 0.25) is 12.7 Å². The van der Waals surface area contributed by atoms with E-state index in [-0.39, 0.29) is 23.5 Å². The molecule has 2 fully saturated rings. The highest BCUT2D eigenvalue weighted by atomic mass is 16.7. The molecule has 6 nitrogen and oxygen atoms in total. The number of hydrogen-bond donors (Lipinski definition) is 2. The smallest absolute Gasteiger partial charge is 0.231 e. The SMILES string of the molecule is CC12CCC(C(=O)NCc3ccc4c(c3)OCO4)(CC1=NO)C2(C)C. The number of carbonyl (C=O) groups is 1. The zero-order valence-electron chi connectivity index (χ0n) is 14.9. The summed E-state index contributed by atoms with van der Waals surface area (Å²) in [7, 11) is 0. The van der Waals surface area contributed by atoms with Gasteiger partial charge in [-0.25, -0.2) is 0 Å². The summed E-state index contributed by atoms with van der Waals surface area (Å²) in [6.07, 6.45) is 2.22. The van der Waals surface area contributed by atoms with Crippen molar-refractivity contribution in [2.75, 3.05) is 6.79 Å².